The molecule has 0 amide bonds. The zero-order valence-corrected chi connectivity index (χ0v) is 8.37. The predicted octanol–water partition coefficient (Wildman–Crippen LogP) is 2.90. The van der Waals surface area contributed by atoms with E-state index in [0.29, 0.717) is 21.6 Å². The summed E-state index contributed by atoms with van der Waals surface area (Å²) in [5.41, 5.74) is 0. The Kier molecular flexibility index (Phi) is 5.96. The molecule has 0 N–H and O–H groups in total. The van der Waals surface area contributed by atoms with Crippen molar-refractivity contribution in [2.24, 2.45) is 5.92 Å². The molecule has 50 valence electrons. The Morgan fingerprint density at radius 1 is 1.38 bits per heavy atom. The van der Waals surface area contributed by atoms with Gasteiger partial charge in [0, 0.05) is 15.7 Å². The van der Waals surface area contributed by atoms with Crippen LogP contribution in [0.2, 0.25) is 0 Å². The quantitative estimate of drug-likeness (QED) is 0.544. The molecular weight excluding hydrogens is 258 g/mol. The SMILES string of the molecule is CC(CCl)C(I)CCl. The molecule has 0 radical (unpaired) electrons. The normalized spacial score (nSPS) is 18.0. The molecular formula is C5H9Cl2I. The Hall–Kier alpha value is 1.31. The summed E-state index contributed by atoms with van der Waals surface area (Å²) in [5.74, 6) is 1.95. The van der Waals surface area contributed by atoms with Crippen LogP contribution in [0.3, 0.4) is 0 Å². The van der Waals surface area contributed by atoms with E-state index >= 15 is 0 Å². The van der Waals surface area contributed by atoms with E-state index in [-0.39, 0.29) is 0 Å². The average molecular weight is 267 g/mol. The van der Waals surface area contributed by atoms with Gasteiger partial charge in [0.1, 0.15) is 0 Å². The van der Waals surface area contributed by atoms with Gasteiger partial charge in [-0.3, -0.25) is 0 Å². The number of alkyl halides is 3. The van der Waals surface area contributed by atoms with E-state index in [1.54, 1.807) is 0 Å². The van der Waals surface area contributed by atoms with Crippen molar-refractivity contribution in [2.75, 3.05) is 11.8 Å². The second-order valence-corrected chi connectivity index (χ2v) is 4.02. The standard InChI is InChI=1S/C5H9Cl2I/c1-4(2-6)5(8)3-7/h4-5H,2-3H2,1H3. The molecule has 8 heavy (non-hydrogen) atoms. The van der Waals surface area contributed by atoms with Crippen molar-refractivity contribution in [3.8, 4) is 0 Å². The van der Waals surface area contributed by atoms with Crippen molar-refractivity contribution in [1.29, 1.82) is 0 Å². The van der Waals surface area contributed by atoms with Gasteiger partial charge in [-0.1, -0.05) is 29.5 Å². The van der Waals surface area contributed by atoms with Gasteiger partial charge >= 0.3 is 0 Å². The van der Waals surface area contributed by atoms with Crippen molar-refractivity contribution in [1.82, 2.24) is 0 Å². The lowest BCUT2D eigenvalue weighted by Gasteiger charge is -2.10. The molecule has 3 heteroatoms. The summed E-state index contributed by atoms with van der Waals surface area (Å²) in [4.78, 5) is 0. The summed E-state index contributed by atoms with van der Waals surface area (Å²) >= 11 is 13.4. The largest absolute Gasteiger partial charge is 0.126 e. The van der Waals surface area contributed by atoms with Crippen LogP contribution in [0.25, 0.3) is 0 Å². The fourth-order valence-electron chi connectivity index (χ4n) is 0.249. The smallest absolute Gasteiger partial charge is 0.0344 e. The Bertz CT molecular complexity index is 50.4. The van der Waals surface area contributed by atoms with Crippen LogP contribution in [0.5, 0.6) is 0 Å². The summed E-state index contributed by atoms with van der Waals surface area (Å²) in [7, 11) is 0. The molecule has 0 aromatic heterocycles. The third-order valence-electron chi connectivity index (χ3n) is 1.01. The molecule has 0 aliphatic carbocycles. The van der Waals surface area contributed by atoms with Crippen molar-refractivity contribution in [3.63, 3.8) is 0 Å². The molecule has 0 fully saturated rings. The Balaban J connectivity index is 3.29. The van der Waals surface area contributed by atoms with E-state index in [1.807, 2.05) is 0 Å². The summed E-state index contributed by atoms with van der Waals surface area (Å²) in [5, 5.41) is 0. The predicted molar refractivity (Wildman–Crippen MR) is 48.4 cm³/mol. The third kappa shape index (κ3) is 3.36. The first-order chi connectivity index (χ1) is 3.72. The first-order valence-electron chi connectivity index (χ1n) is 2.48. The van der Waals surface area contributed by atoms with Crippen LogP contribution in [-0.2, 0) is 0 Å². The molecule has 0 nitrogen and oxygen atoms in total. The van der Waals surface area contributed by atoms with Crippen molar-refractivity contribution in [3.05, 3.63) is 0 Å². The first kappa shape index (κ1) is 9.31. The lowest BCUT2D eigenvalue weighted by molar-refractivity contribution is 0.672. The van der Waals surface area contributed by atoms with Gasteiger partial charge in [0.2, 0.25) is 0 Å². The summed E-state index contributed by atoms with van der Waals surface area (Å²) in [6.45, 7) is 2.10. The van der Waals surface area contributed by atoms with Gasteiger partial charge in [-0.15, -0.1) is 23.2 Å². The molecule has 2 unspecified atom stereocenters. The van der Waals surface area contributed by atoms with Crippen LogP contribution in [0.4, 0.5) is 0 Å². The van der Waals surface area contributed by atoms with Gasteiger partial charge in [0.05, 0.1) is 0 Å². The molecule has 0 spiro atoms. The minimum Gasteiger partial charge on any atom is -0.126 e. The van der Waals surface area contributed by atoms with E-state index in [9.17, 15) is 0 Å². The minimum atomic E-state index is 0.520. The van der Waals surface area contributed by atoms with Crippen LogP contribution >= 0.6 is 45.8 Å². The van der Waals surface area contributed by atoms with Gasteiger partial charge in [-0.05, 0) is 5.92 Å². The van der Waals surface area contributed by atoms with Crippen LogP contribution in [0, 0.1) is 5.92 Å². The molecule has 0 rings (SSSR count). The topological polar surface area (TPSA) is 0 Å². The molecule has 0 aromatic carbocycles. The second kappa shape index (κ2) is 5.12. The number of rotatable bonds is 3. The molecule has 0 aliphatic rings. The maximum atomic E-state index is 5.56. The Labute approximate surface area is 74.1 Å². The Morgan fingerprint density at radius 2 is 1.88 bits per heavy atom. The van der Waals surface area contributed by atoms with E-state index < -0.39 is 0 Å². The summed E-state index contributed by atoms with van der Waals surface area (Å²) in [6.07, 6.45) is 0. The average Bonchev–Trinajstić information content (AvgIpc) is 1.84. The van der Waals surface area contributed by atoms with E-state index in [4.69, 9.17) is 23.2 Å². The fraction of sp³-hybridized carbons (Fsp3) is 1.00. The molecule has 0 bridgehead atoms. The zero-order chi connectivity index (χ0) is 6.57. The van der Waals surface area contributed by atoms with Crippen LogP contribution in [0.1, 0.15) is 6.92 Å². The van der Waals surface area contributed by atoms with Gasteiger partial charge in [0.15, 0.2) is 0 Å². The second-order valence-electron chi connectivity index (χ2n) is 1.80. The zero-order valence-electron chi connectivity index (χ0n) is 4.70. The molecule has 2 atom stereocenters. The van der Waals surface area contributed by atoms with Crippen LogP contribution < -0.4 is 0 Å². The molecule has 0 aromatic rings. The number of hydrogen-bond donors (Lipinski definition) is 0. The first-order valence-corrected chi connectivity index (χ1v) is 4.79. The maximum absolute atomic E-state index is 5.56. The number of hydrogen-bond acceptors (Lipinski definition) is 0. The fourth-order valence-corrected chi connectivity index (χ4v) is 1.32. The molecule has 0 saturated heterocycles. The maximum Gasteiger partial charge on any atom is 0.0344 e. The lowest BCUT2D eigenvalue weighted by atomic mass is 10.2. The highest BCUT2D eigenvalue weighted by atomic mass is 127. The lowest BCUT2D eigenvalue weighted by Crippen LogP contribution is -2.13. The summed E-state index contributed by atoms with van der Waals surface area (Å²) in [6, 6.07) is 0. The van der Waals surface area contributed by atoms with Crippen LogP contribution in [0.15, 0.2) is 0 Å². The van der Waals surface area contributed by atoms with Crippen molar-refractivity contribution in [2.45, 2.75) is 10.8 Å². The Morgan fingerprint density at radius 3 is 2.00 bits per heavy atom. The molecule has 0 heterocycles. The van der Waals surface area contributed by atoms with E-state index in [0.717, 1.165) is 0 Å². The number of halogens is 3. The van der Waals surface area contributed by atoms with Crippen molar-refractivity contribution >= 4 is 45.8 Å². The minimum absolute atomic E-state index is 0.520. The summed E-state index contributed by atoms with van der Waals surface area (Å²) < 4.78 is 0.520. The molecule has 0 saturated carbocycles. The van der Waals surface area contributed by atoms with E-state index in [1.165, 1.54) is 0 Å². The van der Waals surface area contributed by atoms with Gasteiger partial charge in [-0.25, -0.2) is 0 Å². The van der Waals surface area contributed by atoms with Gasteiger partial charge in [-0.2, -0.15) is 0 Å². The van der Waals surface area contributed by atoms with Gasteiger partial charge in [0.25, 0.3) is 0 Å². The highest BCUT2D eigenvalue weighted by Crippen LogP contribution is 2.15. The van der Waals surface area contributed by atoms with E-state index in [2.05, 4.69) is 29.5 Å². The highest BCUT2D eigenvalue weighted by Gasteiger charge is 2.09. The van der Waals surface area contributed by atoms with Gasteiger partial charge < -0.3 is 0 Å². The highest BCUT2D eigenvalue weighted by molar-refractivity contribution is 14.1. The third-order valence-corrected chi connectivity index (χ3v) is 4.02. The van der Waals surface area contributed by atoms with Crippen LogP contribution in [-0.4, -0.2) is 15.7 Å². The molecule has 0 aliphatic heterocycles. The monoisotopic (exact) mass is 266 g/mol. The van der Waals surface area contributed by atoms with Crippen molar-refractivity contribution < 1.29 is 0 Å².